The molecule has 0 spiro atoms. The minimum absolute atomic E-state index is 0.167. The Morgan fingerprint density at radius 3 is 2.53 bits per heavy atom. The van der Waals surface area contributed by atoms with Gasteiger partial charge < -0.3 is 15.0 Å². The van der Waals surface area contributed by atoms with Gasteiger partial charge in [-0.15, -0.1) is 0 Å². The Morgan fingerprint density at radius 2 is 1.91 bits per heavy atom. The van der Waals surface area contributed by atoms with Gasteiger partial charge in [-0.1, -0.05) is 25.0 Å². The summed E-state index contributed by atoms with van der Waals surface area (Å²) in [5.74, 6) is 0.428. The van der Waals surface area contributed by atoms with Crippen LogP contribution in [0.3, 0.4) is 0 Å². The molecule has 168 valence electrons. The van der Waals surface area contributed by atoms with Crippen molar-refractivity contribution >= 4 is 17.6 Å². The van der Waals surface area contributed by atoms with Crippen molar-refractivity contribution in [1.82, 2.24) is 10.3 Å². The molecule has 1 amide bonds. The molecular formula is C26H31N3O3. The molecule has 2 atom stereocenters. The first kappa shape index (κ1) is 21.0. The monoisotopic (exact) mass is 433 g/mol. The van der Waals surface area contributed by atoms with E-state index in [2.05, 4.69) is 35.5 Å². The number of ether oxygens (including phenoxy) is 1. The molecule has 0 saturated heterocycles. The third-order valence-electron chi connectivity index (χ3n) is 7.82. The van der Waals surface area contributed by atoms with Gasteiger partial charge in [-0.25, -0.2) is 4.79 Å². The number of rotatable bonds is 5. The maximum absolute atomic E-state index is 13.1. The van der Waals surface area contributed by atoms with E-state index in [1.54, 1.807) is 0 Å². The lowest BCUT2D eigenvalue weighted by atomic mass is 9.76. The summed E-state index contributed by atoms with van der Waals surface area (Å²) in [6.07, 6.45) is 9.08. The molecule has 2 fully saturated rings. The zero-order chi connectivity index (χ0) is 22.3. The summed E-state index contributed by atoms with van der Waals surface area (Å²) in [5.41, 5.74) is 3.18. The Hall–Kier alpha value is -2.89. The number of methoxy groups -OCH3 is 1. The molecule has 0 bridgehead atoms. The number of esters is 1. The third kappa shape index (κ3) is 3.37. The van der Waals surface area contributed by atoms with E-state index in [4.69, 9.17) is 9.72 Å². The second-order valence-electron chi connectivity index (χ2n) is 9.54. The highest BCUT2D eigenvalue weighted by molar-refractivity contribution is 5.99. The molecular weight excluding hydrogens is 402 g/mol. The molecule has 1 N–H and O–H groups in total. The molecule has 3 aliphatic rings. The van der Waals surface area contributed by atoms with Gasteiger partial charge in [0.25, 0.3) is 5.91 Å². The second-order valence-corrected chi connectivity index (χ2v) is 9.54. The molecule has 1 aliphatic heterocycles. The highest BCUT2D eigenvalue weighted by Crippen LogP contribution is 2.54. The zero-order valence-electron chi connectivity index (χ0n) is 18.8. The Balaban J connectivity index is 1.47. The lowest BCUT2D eigenvalue weighted by molar-refractivity contribution is -0.152. The number of aromatic nitrogens is 1. The molecule has 1 aromatic carbocycles. The van der Waals surface area contributed by atoms with E-state index in [0.717, 1.165) is 17.8 Å². The van der Waals surface area contributed by atoms with Crippen molar-refractivity contribution < 1.29 is 14.3 Å². The van der Waals surface area contributed by atoms with Crippen molar-refractivity contribution in [3.05, 3.63) is 59.4 Å². The number of likely N-dealkylation sites (N-methyl/N-ethyl adjacent to an activating group) is 1. The molecule has 2 unspecified atom stereocenters. The van der Waals surface area contributed by atoms with Gasteiger partial charge in [0.15, 0.2) is 0 Å². The standard InChI is InChI=1S/C26H31N3O3/c1-29-21-16-18(24(30)28-26(13-7-14-26)25(31)32-2)11-12-19(21)22(17-8-3-4-9-17)23(29)20-10-5-6-15-27-20/h5-6,10-12,15-17,22-23H,3-4,7-9,13-14H2,1-2H3,(H,28,30). The molecule has 2 aromatic rings. The van der Waals surface area contributed by atoms with Crippen LogP contribution in [-0.2, 0) is 9.53 Å². The number of carbonyl (C=O) groups is 2. The summed E-state index contributed by atoms with van der Waals surface area (Å²) in [7, 11) is 3.48. The van der Waals surface area contributed by atoms with Crippen molar-refractivity contribution in [2.24, 2.45) is 5.92 Å². The lowest BCUT2D eigenvalue weighted by Crippen LogP contribution is -2.59. The predicted molar refractivity (Wildman–Crippen MR) is 123 cm³/mol. The van der Waals surface area contributed by atoms with E-state index in [1.807, 2.05) is 24.4 Å². The second kappa shape index (κ2) is 8.23. The van der Waals surface area contributed by atoms with E-state index < -0.39 is 5.54 Å². The predicted octanol–water partition coefficient (Wildman–Crippen LogP) is 4.37. The first-order valence-electron chi connectivity index (χ1n) is 11.7. The minimum atomic E-state index is -0.875. The quantitative estimate of drug-likeness (QED) is 0.709. The van der Waals surface area contributed by atoms with Crippen LogP contribution < -0.4 is 10.2 Å². The average molecular weight is 434 g/mol. The number of amides is 1. The fraction of sp³-hybridized carbons (Fsp3) is 0.500. The summed E-state index contributed by atoms with van der Waals surface area (Å²) in [6, 6.07) is 12.3. The topological polar surface area (TPSA) is 71.5 Å². The summed E-state index contributed by atoms with van der Waals surface area (Å²) >= 11 is 0. The molecule has 2 saturated carbocycles. The van der Waals surface area contributed by atoms with Crippen LogP contribution in [0.25, 0.3) is 0 Å². The van der Waals surface area contributed by atoms with E-state index >= 15 is 0 Å². The normalized spacial score (nSPS) is 24.0. The molecule has 32 heavy (non-hydrogen) atoms. The average Bonchev–Trinajstić information content (AvgIpc) is 3.42. The van der Waals surface area contributed by atoms with Crippen LogP contribution in [0.15, 0.2) is 42.6 Å². The van der Waals surface area contributed by atoms with Crippen LogP contribution in [0.2, 0.25) is 0 Å². The van der Waals surface area contributed by atoms with Crippen molar-refractivity contribution in [3.8, 4) is 0 Å². The van der Waals surface area contributed by atoms with Crippen LogP contribution in [0.5, 0.6) is 0 Å². The highest BCUT2D eigenvalue weighted by atomic mass is 16.5. The van der Waals surface area contributed by atoms with E-state index in [0.29, 0.717) is 30.2 Å². The van der Waals surface area contributed by atoms with Crippen molar-refractivity contribution in [3.63, 3.8) is 0 Å². The largest absolute Gasteiger partial charge is 0.467 e. The smallest absolute Gasteiger partial charge is 0.331 e. The molecule has 6 heteroatoms. The van der Waals surface area contributed by atoms with E-state index in [9.17, 15) is 9.59 Å². The first-order valence-corrected chi connectivity index (χ1v) is 11.7. The molecule has 2 aliphatic carbocycles. The maximum atomic E-state index is 13.1. The van der Waals surface area contributed by atoms with Crippen LogP contribution in [0, 0.1) is 5.92 Å². The summed E-state index contributed by atoms with van der Waals surface area (Å²) in [6.45, 7) is 0. The van der Waals surface area contributed by atoms with Gasteiger partial charge in [0.05, 0.1) is 18.8 Å². The number of hydrogen-bond acceptors (Lipinski definition) is 5. The van der Waals surface area contributed by atoms with Crippen LogP contribution in [0.1, 0.15) is 78.5 Å². The minimum Gasteiger partial charge on any atom is -0.467 e. The molecule has 6 nitrogen and oxygen atoms in total. The number of nitrogens with zero attached hydrogens (tertiary/aromatic N) is 2. The fourth-order valence-electron chi connectivity index (χ4n) is 5.99. The summed E-state index contributed by atoms with van der Waals surface area (Å²) in [5, 5.41) is 2.97. The van der Waals surface area contributed by atoms with Crippen LogP contribution in [-0.4, -0.2) is 36.6 Å². The number of nitrogens with one attached hydrogen (secondary N) is 1. The zero-order valence-corrected chi connectivity index (χ0v) is 18.8. The Kier molecular flexibility index (Phi) is 5.39. The molecule has 2 heterocycles. The summed E-state index contributed by atoms with van der Waals surface area (Å²) in [4.78, 5) is 32.4. The van der Waals surface area contributed by atoms with Gasteiger partial charge in [-0.05, 0) is 67.9 Å². The molecule has 5 rings (SSSR count). The van der Waals surface area contributed by atoms with Gasteiger partial charge in [-0.2, -0.15) is 0 Å². The molecule has 1 aromatic heterocycles. The number of carbonyl (C=O) groups excluding carboxylic acids is 2. The van der Waals surface area contributed by atoms with Crippen molar-refractivity contribution in [2.45, 2.75) is 62.4 Å². The SMILES string of the molecule is COC(=O)C1(NC(=O)c2ccc3c(c2)N(C)C(c2ccccn2)C3C2CCCC2)CCC1. The van der Waals surface area contributed by atoms with Crippen molar-refractivity contribution in [2.75, 3.05) is 19.1 Å². The summed E-state index contributed by atoms with van der Waals surface area (Å²) < 4.78 is 4.95. The van der Waals surface area contributed by atoms with Crippen LogP contribution in [0.4, 0.5) is 5.69 Å². The van der Waals surface area contributed by atoms with Gasteiger partial charge in [0.1, 0.15) is 5.54 Å². The molecule has 0 radical (unpaired) electrons. The van der Waals surface area contributed by atoms with E-state index in [-0.39, 0.29) is 17.9 Å². The number of pyridine rings is 1. The fourth-order valence-corrected chi connectivity index (χ4v) is 5.99. The Bertz CT molecular complexity index is 1010. The van der Waals surface area contributed by atoms with Crippen LogP contribution >= 0.6 is 0 Å². The number of anilines is 1. The number of benzene rings is 1. The van der Waals surface area contributed by atoms with Gasteiger partial charge in [0.2, 0.25) is 0 Å². The Morgan fingerprint density at radius 1 is 1.12 bits per heavy atom. The number of hydrogen-bond donors (Lipinski definition) is 1. The van der Waals surface area contributed by atoms with Gasteiger partial charge in [-0.3, -0.25) is 9.78 Å². The van der Waals surface area contributed by atoms with E-state index in [1.165, 1.54) is 38.4 Å². The van der Waals surface area contributed by atoms with Crippen molar-refractivity contribution in [1.29, 1.82) is 0 Å². The third-order valence-corrected chi connectivity index (χ3v) is 7.82. The lowest BCUT2D eigenvalue weighted by Gasteiger charge is -2.39. The Labute approximate surface area is 189 Å². The van der Waals surface area contributed by atoms with Gasteiger partial charge in [0, 0.05) is 30.4 Å². The maximum Gasteiger partial charge on any atom is 0.331 e. The highest BCUT2D eigenvalue weighted by Gasteiger charge is 2.47. The first-order chi connectivity index (χ1) is 15.5. The van der Waals surface area contributed by atoms with Gasteiger partial charge >= 0.3 is 5.97 Å². The number of fused-ring (bicyclic) bond motifs is 1.